The second-order valence-corrected chi connectivity index (χ2v) is 22.2. The fourth-order valence-electron chi connectivity index (χ4n) is 10.1. The maximum Gasteiger partial charge on any atom is 0.220 e. The van der Waals surface area contributed by atoms with Crippen molar-refractivity contribution < 1.29 is 39.8 Å². The summed E-state index contributed by atoms with van der Waals surface area (Å²) in [6.45, 7) is 3.75. The Kier molecular flexibility index (Phi) is 52.7. The summed E-state index contributed by atoms with van der Waals surface area (Å²) >= 11 is 0. The second kappa shape index (κ2) is 55.9. The Balaban J connectivity index is 2.16. The quantitative estimate of drug-likeness (QED) is 0.0261. The van der Waals surface area contributed by atoms with Gasteiger partial charge in [0.1, 0.15) is 24.4 Å². The fraction of sp³-hybridized carbons (Fsp3) is 0.806. The number of allylic oxidation sites excluding steroid dienone is 12. The van der Waals surface area contributed by atoms with Gasteiger partial charge in [-0.1, -0.05) is 292 Å². The standard InChI is InChI=1S/C67H121NO8/c1-3-5-7-9-11-13-15-17-19-21-23-25-27-28-29-30-31-32-33-34-35-37-39-41-43-45-47-49-51-53-55-57-63(71)68-60(59-75-67-66(74)65(73)64(72)62(58-69)76-67)61(70)56-54-52-50-48-46-44-42-40-38-36-26-24-22-20-18-16-14-12-10-8-6-4-2/h5,7,11,13,17,19,23,25,28-29,31-32,60-62,64-67,69-70,72-74H,3-4,6,8-10,12,14-16,18,20-22,24,26-27,30,33-59H2,1-2H3,(H,68,71)/b7-5-,13-11-,19-17-,25-23-,29-28-,32-31-. The number of aliphatic hydroxyl groups excluding tert-OH is 5. The Morgan fingerprint density at radius 3 is 1.21 bits per heavy atom. The third kappa shape index (κ3) is 44.5. The normalized spacial score (nSPS) is 19.3. The van der Waals surface area contributed by atoms with Crippen LogP contribution in [0.1, 0.15) is 290 Å². The number of carbonyl (C=O) groups excluding carboxylic acids is 1. The Morgan fingerprint density at radius 1 is 0.461 bits per heavy atom. The van der Waals surface area contributed by atoms with E-state index < -0.39 is 49.5 Å². The summed E-state index contributed by atoms with van der Waals surface area (Å²) in [6.07, 6.45) is 70.8. The molecule has 0 spiro atoms. The first-order chi connectivity index (χ1) is 37.3. The lowest BCUT2D eigenvalue weighted by Gasteiger charge is -2.40. The maximum absolute atomic E-state index is 13.1. The summed E-state index contributed by atoms with van der Waals surface area (Å²) in [5.74, 6) is -0.145. The smallest absolute Gasteiger partial charge is 0.220 e. The molecule has 0 radical (unpaired) electrons. The minimum absolute atomic E-state index is 0.140. The summed E-state index contributed by atoms with van der Waals surface area (Å²) < 4.78 is 11.3. The van der Waals surface area contributed by atoms with E-state index >= 15 is 0 Å². The van der Waals surface area contributed by atoms with Crippen molar-refractivity contribution in [2.75, 3.05) is 13.2 Å². The molecule has 0 bridgehead atoms. The molecule has 7 unspecified atom stereocenters. The minimum atomic E-state index is -1.56. The van der Waals surface area contributed by atoms with E-state index in [0.29, 0.717) is 12.8 Å². The van der Waals surface area contributed by atoms with Crippen LogP contribution in [0.4, 0.5) is 0 Å². The molecular formula is C67H121NO8. The van der Waals surface area contributed by atoms with Crippen molar-refractivity contribution in [3.63, 3.8) is 0 Å². The number of carbonyl (C=O) groups is 1. The Hall–Kier alpha value is -2.37. The van der Waals surface area contributed by atoms with Crippen LogP contribution in [-0.4, -0.2) is 87.5 Å². The lowest BCUT2D eigenvalue weighted by atomic mass is 9.99. The molecular weight excluding hydrogens is 947 g/mol. The fourth-order valence-corrected chi connectivity index (χ4v) is 10.1. The molecule has 0 saturated carbocycles. The summed E-state index contributed by atoms with van der Waals surface area (Å²) in [7, 11) is 0. The van der Waals surface area contributed by atoms with Gasteiger partial charge < -0.3 is 40.3 Å². The van der Waals surface area contributed by atoms with E-state index in [1.807, 2.05) is 0 Å². The van der Waals surface area contributed by atoms with Gasteiger partial charge in [-0.15, -0.1) is 0 Å². The zero-order valence-electron chi connectivity index (χ0n) is 49.3. The molecule has 9 heteroatoms. The number of hydrogen-bond acceptors (Lipinski definition) is 8. The van der Waals surface area contributed by atoms with E-state index in [9.17, 15) is 30.3 Å². The van der Waals surface area contributed by atoms with E-state index in [1.54, 1.807) is 0 Å². The maximum atomic E-state index is 13.1. The molecule has 9 nitrogen and oxygen atoms in total. The second-order valence-electron chi connectivity index (χ2n) is 22.2. The van der Waals surface area contributed by atoms with Gasteiger partial charge in [0.25, 0.3) is 0 Å². The molecule has 0 aliphatic carbocycles. The van der Waals surface area contributed by atoms with Gasteiger partial charge in [-0.25, -0.2) is 0 Å². The highest BCUT2D eigenvalue weighted by Gasteiger charge is 2.44. The first-order valence-electron chi connectivity index (χ1n) is 32.1. The number of nitrogens with one attached hydrogen (secondary N) is 1. The summed E-state index contributed by atoms with van der Waals surface area (Å²) in [4.78, 5) is 13.1. The molecule has 0 aromatic heterocycles. The zero-order chi connectivity index (χ0) is 55.0. The van der Waals surface area contributed by atoms with Crippen molar-refractivity contribution in [1.29, 1.82) is 0 Å². The van der Waals surface area contributed by atoms with Crippen LogP contribution in [0.15, 0.2) is 72.9 Å². The van der Waals surface area contributed by atoms with E-state index in [-0.39, 0.29) is 12.5 Å². The highest BCUT2D eigenvalue weighted by Crippen LogP contribution is 2.23. The van der Waals surface area contributed by atoms with Crippen LogP contribution in [-0.2, 0) is 14.3 Å². The number of amides is 1. The van der Waals surface area contributed by atoms with Gasteiger partial charge in [-0.05, 0) is 64.2 Å². The van der Waals surface area contributed by atoms with E-state index in [0.717, 1.165) is 77.0 Å². The van der Waals surface area contributed by atoms with Crippen LogP contribution in [0.25, 0.3) is 0 Å². The summed E-state index contributed by atoms with van der Waals surface area (Å²) in [5.41, 5.74) is 0. The Labute approximate surface area is 468 Å². The van der Waals surface area contributed by atoms with E-state index in [4.69, 9.17) is 9.47 Å². The molecule has 1 aliphatic heterocycles. The third-order valence-electron chi connectivity index (χ3n) is 15.1. The number of aliphatic hydroxyl groups is 5. The van der Waals surface area contributed by atoms with Crippen molar-refractivity contribution in [2.45, 2.75) is 333 Å². The molecule has 6 N–H and O–H groups in total. The highest BCUT2D eigenvalue weighted by molar-refractivity contribution is 5.76. The molecule has 1 aliphatic rings. The molecule has 0 aromatic rings. The molecule has 1 rings (SSSR count). The van der Waals surface area contributed by atoms with Gasteiger partial charge >= 0.3 is 0 Å². The van der Waals surface area contributed by atoms with Crippen molar-refractivity contribution in [2.24, 2.45) is 0 Å². The van der Waals surface area contributed by atoms with Gasteiger partial charge in [0.05, 0.1) is 25.4 Å². The first-order valence-corrected chi connectivity index (χ1v) is 32.1. The molecule has 0 aromatic carbocycles. The molecule has 7 atom stereocenters. The molecule has 76 heavy (non-hydrogen) atoms. The van der Waals surface area contributed by atoms with Crippen LogP contribution in [0.3, 0.4) is 0 Å². The van der Waals surface area contributed by atoms with Crippen LogP contribution >= 0.6 is 0 Å². The number of rotatable bonds is 55. The minimum Gasteiger partial charge on any atom is -0.394 e. The summed E-state index contributed by atoms with van der Waals surface area (Å²) in [6, 6.07) is -0.725. The highest BCUT2D eigenvalue weighted by atomic mass is 16.7. The first kappa shape index (κ1) is 71.6. The number of unbranched alkanes of at least 4 members (excludes halogenated alkanes) is 33. The van der Waals surface area contributed by atoms with Crippen LogP contribution < -0.4 is 5.32 Å². The Morgan fingerprint density at radius 2 is 0.816 bits per heavy atom. The largest absolute Gasteiger partial charge is 0.394 e. The molecule has 1 heterocycles. The van der Waals surface area contributed by atoms with Gasteiger partial charge in [0, 0.05) is 6.42 Å². The topological polar surface area (TPSA) is 149 Å². The van der Waals surface area contributed by atoms with E-state index in [1.165, 1.54) is 186 Å². The van der Waals surface area contributed by atoms with Gasteiger partial charge in [0.2, 0.25) is 5.91 Å². The average molecular weight is 1070 g/mol. The predicted molar refractivity (Wildman–Crippen MR) is 322 cm³/mol. The van der Waals surface area contributed by atoms with E-state index in [2.05, 4.69) is 92.1 Å². The number of ether oxygens (including phenoxy) is 2. The lowest BCUT2D eigenvalue weighted by Crippen LogP contribution is -2.60. The molecule has 1 amide bonds. The zero-order valence-corrected chi connectivity index (χ0v) is 49.3. The number of hydrogen-bond donors (Lipinski definition) is 6. The van der Waals surface area contributed by atoms with Crippen LogP contribution in [0.2, 0.25) is 0 Å². The molecule has 442 valence electrons. The third-order valence-corrected chi connectivity index (χ3v) is 15.1. The Bertz CT molecular complexity index is 1420. The average Bonchev–Trinajstić information content (AvgIpc) is 3.42. The van der Waals surface area contributed by atoms with Crippen LogP contribution in [0.5, 0.6) is 0 Å². The predicted octanol–water partition coefficient (Wildman–Crippen LogP) is 16.8. The van der Waals surface area contributed by atoms with Crippen molar-refractivity contribution >= 4 is 5.91 Å². The van der Waals surface area contributed by atoms with Crippen molar-refractivity contribution in [3.8, 4) is 0 Å². The summed E-state index contributed by atoms with van der Waals surface area (Å²) in [5, 5.41) is 54.8. The van der Waals surface area contributed by atoms with Crippen molar-refractivity contribution in [3.05, 3.63) is 72.9 Å². The molecule has 1 fully saturated rings. The van der Waals surface area contributed by atoms with Gasteiger partial charge in [-0.3, -0.25) is 4.79 Å². The van der Waals surface area contributed by atoms with Crippen molar-refractivity contribution in [1.82, 2.24) is 5.32 Å². The molecule has 1 saturated heterocycles. The van der Waals surface area contributed by atoms with Crippen LogP contribution in [0, 0.1) is 0 Å². The monoisotopic (exact) mass is 1070 g/mol. The SMILES string of the molecule is CC/C=C\C/C=C\C/C=C\C/C=C\C/C=C\C/C=C\CCCCCCCCCCCCCCC(=O)NC(COC1OC(CO)C(O)C(O)C1O)C(O)CCCCCCCCCCCCCCCCCCCCCCCC. The van der Waals surface area contributed by atoms with Gasteiger partial charge in [-0.2, -0.15) is 0 Å². The van der Waals surface area contributed by atoms with Gasteiger partial charge in [0.15, 0.2) is 6.29 Å². The lowest BCUT2D eigenvalue weighted by molar-refractivity contribution is -0.302.